The Hall–Kier alpha value is -1.02. The Kier molecular flexibility index (Phi) is 7.08. The molecule has 1 aliphatic rings. The van der Waals surface area contributed by atoms with Crippen molar-refractivity contribution in [2.24, 2.45) is 0 Å². The van der Waals surface area contributed by atoms with Crippen LogP contribution in [-0.2, 0) is 6.42 Å². The Labute approximate surface area is 130 Å². The summed E-state index contributed by atoms with van der Waals surface area (Å²) in [6, 6.07) is 9.38. The molecule has 1 aromatic rings. The van der Waals surface area contributed by atoms with E-state index >= 15 is 0 Å². The van der Waals surface area contributed by atoms with Crippen molar-refractivity contribution in [2.75, 3.05) is 20.2 Å². The molecule has 1 fully saturated rings. The minimum atomic E-state index is 0.734. The lowest BCUT2D eigenvalue weighted by molar-refractivity contribution is 0.224. The highest BCUT2D eigenvalue weighted by Crippen LogP contribution is 2.21. The van der Waals surface area contributed by atoms with Gasteiger partial charge in [-0.3, -0.25) is 0 Å². The van der Waals surface area contributed by atoms with E-state index in [4.69, 9.17) is 4.74 Å². The van der Waals surface area contributed by atoms with E-state index < -0.39 is 0 Å². The molecule has 21 heavy (non-hydrogen) atoms. The molecule has 1 saturated heterocycles. The molecule has 1 aliphatic heterocycles. The normalized spacial score (nSPS) is 17.0. The van der Waals surface area contributed by atoms with Crippen LogP contribution in [0.2, 0.25) is 0 Å². The van der Waals surface area contributed by atoms with Gasteiger partial charge in [0.15, 0.2) is 0 Å². The monoisotopic (exact) mass is 289 g/mol. The van der Waals surface area contributed by atoms with Gasteiger partial charge in [-0.05, 0) is 56.5 Å². The van der Waals surface area contributed by atoms with E-state index in [1.54, 1.807) is 7.11 Å². The van der Waals surface area contributed by atoms with Crippen LogP contribution >= 0.6 is 0 Å². The van der Waals surface area contributed by atoms with Crippen molar-refractivity contribution in [1.82, 2.24) is 4.90 Å². The molecule has 0 aromatic heterocycles. The number of likely N-dealkylation sites (tertiary alicyclic amines) is 1. The molecule has 0 aliphatic carbocycles. The number of nitrogens with zero attached hydrogens (tertiary/aromatic N) is 1. The first-order chi connectivity index (χ1) is 10.3. The van der Waals surface area contributed by atoms with E-state index in [-0.39, 0.29) is 0 Å². The maximum absolute atomic E-state index is 5.26. The largest absolute Gasteiger partial charge is 0.497 e. The highest BCUT2D eigenvalue weighted by atomic mass is 16.5. The smallest absolute Gasteiger partial charge is 0.118 e. The second kappa shape index (κ2) is 9.09. The topological polar surface area (TPSA) is 12.5 Å². The van der Waals surface area contributed by atoms with Gasteiger partial charge in [0.1, 0.15) is 5.75 Å². The van der Waals surface area contributed by atoms with E-state index in [0.29, 0.717) is 0 Å². The molecule has 2 nitrogen and oxygen atoms in total. The van der Waals surface area contributed by atoms with Crippen molar-refractivity contribution in [3.8, 4) is 5.75 Å². The van der Waals surface area contributed by atoms with Crippen LogP contribution in [0.3, 0.4) is 0 Å². The summed E-state index contributed by atoms with van der Waals surface area (Å²) in [5, 5.41) is 0. The van der Waals surface area contributed by atoms with Gasteiger partial charge in [-0.25, -0.2) is 0 Å². The SMILES string of the molecule is CCCCCCC(Cc1ccc(OC)cc1)N1CCCC1. The minimum absolute atomic E-state index is 0.734. The van der Waals surface area contributed by atoms with Gasteiger partial charge in [-0.2, -0.15) is 0 Å². The Morgan fingerprint density at radius 3 is 2.38 bits per heavy atom. The first-order valence-corrected chi connectivity index (χ1v) is 8.70. The van der Waals surface area contributed by atoms with Gasteiger partial charge in [0.2, 0.25) is 0 Å². The Morgan fingerprint density at radius 2 is 1.76 bits per heavy atom. The average molecular weight is 289 g/mol. The number of rotatable bonds is 9. The molecule has 1 atom stereocenters. The van der Waals surface area contributed by atoms with Crippen LogP contribution in [0.5, 0.6) is 5.75 Å². The number of unbranched alkanes of at least 4 members (excludes halogenated alkanes) is 3. The number of benzene rings is 1. The first-order valence-electron chi connectivity index (χ1n) is 8.70. The van der Waals surface area contributed by atoms with E-state index in [0.717, 1.165) is 11.8 Å². The average Bonchev–Trinajstić information content (AvgIpc) is 3.05. The molecule has 0 spiro atoms. The van der Waals surface area contributed by atoms with Crippen molar-refractivity contribution >= 4 is 0 Å². The molecule has 2 heteroatoms. The van der Waals surface area contributed by atoms with Crippen LogP contribution < -0.4 is 4.74 Å². The second-order valence-corrected chi connectivity index (χ2v) is 6.30. The van der Waals surface area contributed by atoms with Gasteiger partial charge in [0, 0.05) is 6.04 Å². The molecule has 0 amide bonds. The maximum Gasteiger partial charge on any atom is 0.118 e. The predicted molar refractivity (Wildman–Crippen MR) is 90.1 cm³/mol. The Balaban J connectivity index is 1.90. The Morgan fingerprint density at radius 1 is 1.05 bits per heavy atom. The summed E-state index contributed by atoms with van der Waals surface area (Å²) < 4.78 is 5.26. The molecule has 2 rings (SSSR count). The minimum Gasteiger partial charge on any atom is -0.497 e. The summed E-state index contributed by atoms with van der Waals surface area (Å²) in [6.07, 6.45) is 10.8. The van der Waals surface area contributed by atoms with Crippen molar-refractivity contribution in [3.05, 3.63) is 29.8 Å². The van der Waals surface area contributed by atoms with Gasteiger partial charge in [0.25, 0.3) is 0 Å². The zero-order chi connectivity index (χ0) is 14.9. The lowest BCUT2D eigenvalue weighted by Gasteiger charge is -2.28. The molecular weight excluding hydrogens is 258 g/mol. The van der Waals surface area contributed by atoms with Gasteiger partial charge in [0.05, 0.1) is 7.11 Å². The molecule has 1 unspecified atom stereocenters. The van der Waals surface area contributed by atoms with Crippen LogP contribution in [0.25, 0.3) is 0 Å². The molecule has 0 bridgehead atoms. The van der Waals surface area contributed by atoms with E-state index in [1.165, 1.54) is 70.0 Å². The van der Waals surface area contributed by atoms with Crippen molar-refractivity contribution in [1.29, 1.82) is 0 Å². The van der Waals surface area contributed by atoms with Crippen LogP contribution in [0.4, 0.5) is 0 Å². The summed E-state index contributed by atoms with van der Waals surface area (Å²) in [5.74, 6) is 0.958. The van der Waals surface area contributed by atoms with E-state index in [2.05, 4.69) is 36.1 Å². The zero-order valence-electron chi connectivity index (χ0n) is 13.8. The lowest BCUT2D eigenvalue weighted by Crippen LogP contribution is -2.34. The summed E-state index contributed by atoms with van der Waals surface area (Å²) in [7, 11) is 1.73. The van der Waals surface area contributed by atoms with E-state index in [9.17, 15) is 0 Å². The van der Waals surface area contributed by atoms with Crippen LogP contribution in [-0.4, -0.2) is 31.1 Å². The van der Waals surface area contributed by atoms with Gasteiger partial charge in [-0.1, -0.05) is 44.7 Å². The van der Waals surface area contributed by atoms with Crippen molar-refractivity contribution in [3.63, 3.8) is 0 Å². The number of ether oxygens (including phenoxy) is 1. The second-order valence-electron chi connectivity index (χ2n) is 6.30. The van der Waals surface area contributed by atoms with Gasteiger partial charge >= 0.3 is 0 Å². The summed E-state index contributed by atoms with van der Waals surface area (Å²) in [6.45, 7) is 4.89. The fourth-order valence-corrected chi connectivity index (χ4v) is 3.36. The van der Waals surface area contributed by atoms with E-state index in [1.807, 2.05) is 0 Å². The molecule has 0 radical (unpaired) electrons. The van der Waals surface area contributed by atoms with Gasteiger partial charge < -0.3 is 9.64 Å². The van der Waals surface area contributed by atoms with Crippen molar-refractivity contribution in [2.45, 2.75) is 64.3 Å². The Bertz CT molecular complexity index is 381. The molecule has 1 heterocycles. The predicted octanol–water partition coefficient (Wildman–Crippen LogP) is 4.67. The summed E-state index contributed by atoms with van der Waals surface area (Å²) >= 11 is 0. The third-order valence-corrected chi connectivity index (χ3v) is 4.68. The highest BCUT2D eigenvalue weighted by molar-refractivity contribution is 5.27. The molecule has 1 aromatic carbocycles. The fourth-order valence-electron chi connectivity index (χ4n) is 3.36. The lowest BCUT2D eigenvalue weighted by atomic mass is 9.98. The quantitative estimate of drug-likeness (QED) is 0.612. The molecule has 0 N–H and O–H groups in total. The standard InChI is InChI=1S/C19H31NO/c1-3-4-5-6-9-18(20-14-7-8-15-20)16-17-10-12-19(21-2)13-11-17/h10-13,18H,3-9,14-16H2,1-2H3. The summed E-state index contributed by atoms with van der Waals surface area (Å²) in [4.78, 5) is 2.72. The first kappa shape index (κ1) is 16.4. The van der Waals surface area contributed by atoms with Gasteiger partial charge in [-0.15, -0.1) is 0 Å². The van der Waals surface area contributed by atoms with Crippen LogP contribution in [0.1, 0.15) is 57.4 Å². The van der Waals surface area contributed by atoms with Crippen LogP contribution in [0, 0.1) is 0 Å². The maximum atomic E-state index is 5.26. The van der Waals surface area contributed by atoms with Crippen molar-refractivity contribution < 1.29 is 4.74 Å². The molecule has 0 saturated carbocycles. The number of hydrogen-bond acceptors (Lipinski definition) is 2. The number of methoxy groups -OCH3 is 1. The summed E-state index contributed by atoms with van der Waals surface area (Å²) in [5.41, 5.74) is 1.45. The zero-order valence-corrected chi connectivity index (χ0v) is 13.8. The third-order valence-electron chi connectivity index (χ3n) is 4.68. The molecule has 118 valence electrons. The number of hydrogen-bond donors (Lipinski definition) is 0. The highest BCUT2D eigenvalue weighted by Gasteiger charge is 2.21. The molecular formula is C19H31NO. The fraction of sp³-hybridized carbons (Fsp3) is 0.684. The third kappa shape index (κ3) is 5.35. The van der Waals surface area contributed by atoms with Crippen LogP contribution in [0.15, 0.2) is 24.3 Å².